The molecule has 5 rings (SSSR count). The van der Waals surface area contributed by atoms with Crippen LogP contribution in [-0.4, -0.2) is 35.0 Å². The highest BCUT2D eigenvalue weighted by Crippen LogP contribution is 2.46. The Labute approximate surface area is 275 Å². The second-order valence-corrected chi connectivity index (χ2v) is 12.8. The quantitative estimate of drug-likeness (QED) is 0.196. The maximum absolute atomic E-state index is 12.6. The largest absolute Gasteiger partial charge is 0.489 e. The van der Waals surface area contributed by atoms with Crippen molar-refractivity contribution in [2.75, 3.05) is 11.9 Å². The highest BCUT2D eigenvalue weighted by atomic mass is 35.5. The van der Waals surface area contributed by atoms with E-state index in [2.05, 4.69) is 17.0 Å². The third-order valence-corrected chi connectivity index (χ3v) is 7.79. The number of carboxylic acids is 1. The van der Waals surface area contributed by atoms with Crippen molar-refractivity contribution in [3.8, 4) is 28.8 Å². The van der Waals surface area contributed by atoms with Gasteiger partial charge in [-0.15, -0.1) is 0 Å². The van der Waals surface area contributed by atoms with Crippen LogP contribution in [0.1, 0.15) is 72.3 Å². The molecule has 45 heavy (non-hydrogen) atoms. The van der Waals surface area contributed by atoms with E-state index in [9.17, 15) is 14.7 Å². The topological polar surface area (TPSA) is 102 Å². The van der Waals surface area contributed by atoms with E-state index in [1.165, 1.54) is 24.1 Å². The second-order valence-electron chi connectivity index (χ2n) is 11.5. The van der Waals surface area contributed by atoms with Crippen LogP contribution in [0.3, 0.4) is 0 Å². The van der Waals surface area contributed by atoms with Gasteiger partial charge in [-0.25, -0.2) is 9.59 Å². The molecular weight excluding hydrogens is 639 g/mol. The van der Waals surface area contributed by atoms with E-state index >= 15 is 0 Å². The first-order valence-electron chi connectivity index (χ1n) is 14.0. The van der Waals surface area contributed by atoms with Crippen LogP contribution in [0.15, 0.2) is 59.1 Å². The summed E-state index contributed by atoms with van der Waals surface area (Å²) in [7, 11) is 1.50. The molecule has 1 N–H and O–H groups in total. The summed E-state index contributed by atoms with van der Waals surface area (Å²) in [5, 5.41) is 15.2. The molecule has 0 aliphatic heterocycles. The summed E-state index contributed by atoms with van der Waals surface area (Å²) in [5.41, 5.74) is 2.36. The predicted octanol–water partition coefficient (Wildman–Crippen LogP) is 9.23. The maximum atomic E-state index is 12.6. The third-order valence-electron chi connectivity index (χ3n) is 6.85. The van der Waals surface area contributed by atoms with Crippen molar-refractivity contribution in [3.05, 3.63) is 97.7 Å². The standard InChI is InChI=1S/C34H29Cl3N2O6/c1-34(2,3)44-33(42)39(4)23-15-19(14-22(16-23)32(40)41)8-9-20-12-13-24(17-28(20)37)43-18-25-30(38-45-31(25)21-10-11-21)29-26(35)6-5-7-27(29)36/h5-7,12-17,21H,10-11,18H2,1-4H3,(H,40,41). The van der Waals surface area contributed by atoms with Crippen LogP contribution in [0.4, 0.5) is 10.5 Å². The number of nitrogens with zero attached hydrogens (tertiary/aromatic N) is 2. The van der Waals surface area contributed by atoms with Gasteiger partial charge in [0.15, 0.2) is 0 Å². The molecular formula is C34H29Cl3N2O6. The van der Waals surface area contributed by atoms with Crippen LogP contribution in [0.5, 0.6) is 5.75 Å². The first kappa shape index (κ1) is 32.2. The van der Waals surface area contributed by atoms with Crippen molar-refractivity contribution >= 4 is 52.6 Å². The number of anilines is 1. The smallest absolute Gasteiger partial charge is 0.414 e. The van der Waals surface area contributed by atoms with E-state index in [1.54, 1.807) is 63.2 Å². The number of benzene rings is 3. The molecule has 232 valence electrons. The number of amides is 1. The van der Waals surface area contributed by atoms with Gasteiger partial charge < -0.3 is 19.1 Å². The fourth-order valence-electron chi connectivity index (χ4n) is 4.47. The molecule has 3 aromatic carbocycles. The van der Waals surface area contributed by atoms with E-state index < -0.39 is 17.7 Å². The van der Waals surface area contributed by atoms with Gasteiger partial charge in [0, 0.05) is 41.4 Å². The summed E-state index contributed by atoms with van der Waals surface area (Å²) in [5.74, 6) is 6.31. The summed E-state index contributed by atoms with van der Waals surface area (Å²) in [6, 6.07) is 14.8. The number of hydrogen-bond acceptors (Lipinski definition) is 6. The Morgan fingerprint density at radius 1 is 1.02 bits per heavy atom. The number of aromatic carboxylic acids is 1. The lowest BCUT2D eigenvalue weighted by Gasteiger charge is -2.25. The molecule has 1 fully saturated rings. The minimum atomic E-state index is -1.16. The number of aromatic nitrogens is 1. The van der Waals surface area contributed by atoms with Gasteiger partial charge in [0.25, 0.3) is 0 Å². The van der Waals surface area contributed by atoms with Crippen LogP contribution in [0.2, 0.25) is 15.1 Å². The molecule has 11 heteroatoms. The van der Waals surface area contributed by atoms with Crippen LogP contribution < -0.4 is 9.64 Å². The Hall–Kier alpha value is -4.16. The van der Waals surface area contributed by atoms with Crippen molar-refractivity contribution in [1.82, 2.24) is 5.16 Å². The molecule has 0 saturated heterocycles. The first-order chi connectivity index (χ1) is 21.3. The number of rotatable bonds is 7. The van der Waals surface area contributed by atoms with E-state index in [0.29, 0.717) is 48.9 Å². The Morgan fingerprint density at radius 2 is 1.73 bits per heavy atom. The normalized spacial score (nSPS) is 12.7. The summed E-state index contributed by atoms with van der Waals surface area (Å²) in [4.78, 5) is 25.6. The summed E-state index contributed by atoms with van der Waals surface area (Å²) in [6.45, 7) is 5.40. The second kappa shape index (κ2) is 13.1. The molecule has 0 spiro atoms. The van der Waals surface area contributed by atoms with Gasteiger partial charge in [0.2, 0.25) is 0 Å². The van der Waals surface area contributed by atoms with Gasteiger partial charge in [-0.05, 0) is 76.1 Å². The fraction of sp³-hybridized carbons (Fsp3) is 0.265. The fourth-order valence-corrected chi connectivity index (χ4v) is 5.26. The molecule has 8 nitrogen and oxygen atoms in total. The lowest BCUT2D eigenvalue weighted by atomic mass is 10.0. The van der Waals surface area contributed by atoms with Gasteiger partial charge in [-0.1, -0.05) is 57.9 Å². The first-order valence-corrected chi connectivity index (χ1v) is 15.2. The lowest BCUT2D eigenvalue weighted by Crippen LogP contribution is -2.34. The van der Waals surface area contributed by atoms with E-state index in [1.807, 2.05) is 0 Å². The number of ether oxygens (including phenoxy) is 2. The van der Waals surface area contributed by atoms with Gasteiger partial charge in [-0.3, -0.25) is 4.90 Å². The Kier molecular flexibility index (Phi) is 9.36. The predicted molar refractivity (Wildman–Crippen MR) is 174 cm³/mol. The minimum Gasteiger partial charge on any atom is -0.489 e. The zero-order valence-electron chi connectivity index (χ0n) is 24.9. The Morgan fingerprint density at radius 3 is 2.36 bits per heavy atom. The molecule has 1 saturated carbocycles. The molecule has 0 atom stereocenters. The van der Waals surface area contributed by atoms with Crippen molar-refractivity contribution in [3.63, 3.8) is 0 Å². The Bertz CT molecular complexity index is 1830. The zero-order valence-corrected chi connectivity index (χ0v) is 27.2. The molecule has 1 aliphatic carbocycles. The van der Waals surface area contributed by atoms with E-state index in [0.717, 1.165) is 24.2 Å². The minimum absolute atomic E-state index is 0.0289. The van der Waals surface area contributed by atoms with Crippen molar-refractivity contribution in [2.45, 2.75) is 51.7 Å². The number of carboxylic acid groups (broad SMARTS) is 1. The maximum Gasteiger partial charge on any atom is 0.414 e. The van der Waals surface area contributed by atoms with E-state index in [-0.39, 0.29) is 18.1 Å². The van der Waals surface area contributed by atoms with Gasteiger partial charge in [-0.2, -0.15) is 0 Å². The Balaban J connectivity index is 1.37. The van der Waals surface area contributed by atoms with Crippen molar-refractivity contribution in [2.24, 2.45) is 0 Å². The summed E-state index contributed by atoms with van der Waals surface area (Å²) < 4.78 is 17.2. The molecule has 1 heterocycles. The molecule has 1 aromatic heterocycles. The van der Waals surface area contributed by atoms with Crippen LogP contribution in [0, 0.1) is 11.8 Å². The van der Waals surface area contributed by atoms with Crippen molar-refractivity contribution in [1.29, 1.82) is 0 Å². The number of hydrogen-bond donors (Lipinski definition) is 1. The summed E-state index contributed by atoms with van der Waals surface area (Å²) >= 11 is 19.5. The summed E-state index contributed by atoms with van der Waals surface area (Å²) in [6.07, 6.45) is 1.39. The highest BCUT2D eigenvalue weighted by molar-refractivity contribution is 6.39. The average molecular weight is 668 g/mol. The molecule has 0 unspecified atom stereocenters. The molecule has 0 bridgehead atoms. The highest BCUT2D eigenvalue weighted by Gasteiger charge is 2.33. The van der Waals surface area contributed by atoms with Gasteiger partial charge >= 0.3 is 12.1 Å². The zero-order chi connectivity index (χ0) is 32.5. The number of carbonyl (C=O) groups excluding carboxylic acids is 1. The van der Waals surface area contributed by atoms with Crippen molar-refractivity contribution < 1.29 is 28.7 Å². The van der Waals surface area contributed by atoms with Crippen LogP contribution in [-0.2, 0) is 11.3 Å². The average Bonchev–Trinajstić information content (AvgIpc) is 3.74. The molecule has 0 radical (unpaired) electrons. The van der Waals surface area contributed by atoms with E-state index in [4.69, 9.17) is 48.8 Å². The number of halogens is 3. The molecule has 1 amide bonds. The monoisotopic (exact) mass is 666 g/mol. The van der Waals surface area contributed by atoms with Gasteiger partial charge in [0.1, 0.15) is 29.4 Å². The van der Waals surface area contributed by atoms with Crippen LogP contribution in [0.25, 0.3) is 11.3 Å². The third kappa shape index (κ3) is 7.74. The van der Waals surface area contributed by atoms with Gasteiger partial charge in [0.05, 0.1) is 26.2 Å². The van der Waals surface area contributed by atoms with Crippen LogP contribution >= 0.6 is 34.8 Å². The SMILES string of the molecule is CN(C(=O)OC(C)(C)C)c1cc(C#Cc2ccc(OCc3c(-c4c(Cl)cccc4Cl)noc3C3CC3)cc2Cl)cc(C(=O)O)c1. The molecule has 1 aliphatic rings. The lowest BCUT2D eigenvalue weighted by molar-refractivity contribution is 0.0587. The number of carbonyl (C=O) groups is 2. The molecule has 4 aromatic rings.